The van der Waals surface area contributed by atoms with E-state index in [0.717, 1.165) is 11.4 Å². The van der Waals surface area contributed by atoms with Crippen molar-refractivity contribution in [2.24, 2.45) is 0 Å². The van der Waals surface area contributed by atoms with Gasteiger partial charge in [0.2, 0.25) is 0 Å². The molecule has 1 heterocycles. The maximum Gasteiger partial charge on any atom is 0.140 e. The van der Waals surface area contributed by atoms with E-state index in [1.54, 1.807) is 6.07 Å². The zero-order valence-corrected chi connectivity index (χ0v) is 6.55. The van der Waals surface area contributed by atoms with E-state index < -0.39 is 0 Å². The van der Waals surface area contributed by atoms with Crippen molar-refractivity contribution in [3.63, 3.8) is 0 Å². The van der Waals surface area contributed by atoms with Crippen LogP contribution in [0.5, 0.6) is 0 Å². The molecule has 1 aromatic heterocycles. The Hall–Kier alpha value is -1.56. The SMILES string of the molecule is CNc1ccc(C#N)nc1C. The second-order valence-electron chi connectivity index (χ2n) is 2.19. The van der Waals surface area contributed by atoms with Crippen molar-refractivity contribution in [1.82, 2.24) is 4.98 Å². The van der Waals surface area contributed by atoms with Gasteiger partial charge >= 0.3 is 0 Å². The van der Waals surface area contributed by atoms with Crippen LogP contribution in [0.2, 0.25) is 0 Å². The standard InChI is InChI=1S/C8H9N3/c1-6-8(10-2)4-3-7(5-9)11-6/h3-4,10H,1-2H3. The predicted octanol–water partition coefficient (Wildman–Crippen LogP) is 1.30. The summed E-state index contributed by atoms with van der Waals surface area (Å²) in [5.41, 5.74) is 2.28. The topological polar surface area (TPSA) is 48.7 Å². The Morgan fingerprint density at radius 2 is 2.27 bits per heavy atom. The van der Waals surface area contributed by atoms with Gasteiger partial charge in [0.05, 0.1) is 11.4 Å². The first-order valence-electron chi connectivity index (χ1n) is 3.33. The number of pyridine rings is 1. The molecule has 1 rings (SSSR count). The Bertz CT molecular complexity index is 299. The zero-order chi connectivity index (χ0) is 8.27. The smallest absolute Gasteiger partial charge is 0.140 e. The molecule has 3 heteroatoms. The van der Waals surface area contributed by atoms with Crippen molar-refractivity contribution < 1.29 is 0 Å². The molecule has 0 unspecified atom stereocenters. The van der Waals surface area contributed by atoms with E-state index in [2.05, 4.69) is 10.3 Å². The highest BCUT2D eigenvalue weighted by molar-refractivity contribution is 5.48. The van der Waals surface area contributed by atoms with Gasteiger partial charge in [0.1, 0.15) is 11.8 Å². The highest BCUT2D eigenvalue weighted by atomic mass is 14.9. The van der Waals surface area contributed by atoms with E-state index in [0.29, 0.717) is 5.69 Å². The van der Waals surface area contributed by atoms with Gasteiger partial charge in [-0.2, -0.15) is 5.26 Å². The molecule has 56 valence electrons. The van der Waals surface area contributed by atoms with Crippen LogP contribution in [-0.4, -0.2) is 12.0 Å². The van der Waals surface area contributed by atoms with Crippen LogP contribution in [0, 0.1) is 18.3 Å². The lowest BCUT2D eigenvalue weighted by atomic mass is 10.3. The summed E-state index contributed by atoms with van der Waals surface area (Å²) >= 11 is 0. The fraction of sp³-hybridized carbons (Fsp3) is 0.250. The number of rotatable bonds is 1. The average molecular weight is 147 g/mol. The maximum atomic E-state index is 8.49. The number of aromatic nitrogens is 1. The lowest BCUT2D eigenvalue weighted by Gasteiger charge is -2.02. The van der Waals surface area contributed by atoms with Gasteiger partial charge in [0.15, 0.2) is 0 Å². The van der Waals surface area contributed by atoms with E-state index in [-0.39, 0.29) is 0 Å². The lowest BCUT2D eigenvalue weighted by molar-refractivity contribution is 1.16. The summed E-state index contributed by atoms with van der Waals surface area (Å²) in [6.45, 7) is 1.87. The van der Waals surface area contributed by atoms with Gasteiger partial charge in [-0.05, 0) is 19.1 Å². The van der Waals surface area contributed by atoms with Gasteiger partial charge < -0.3 is 5.32 Å². The largest absolute Gasteiger partial charge is 0.387 e. The van der Waals surface area contributed by atoms with Crippen LogP contribution >= 0.6 is 0 Å². The predicted molar refractivity (Wildman–Crippen MR) is 43.2 cm³/mol. The van der Waals surface area contributed by atoms with E-state index in [9.17, 15) is 0 Å². The van der Waals surface area contributed by atoms with E-state index >= 15 is 0 Å². The Kier molecular flexibility index (Phi) is 2.07. The molecule has 0 aliphatic carbocycles. The van der Waals surface area contributed by atoms with Crippen LogP contribution in [-0.2, 0) is 0 Å². The van der Waals surface area contributed by atoms with Crippen molar-refractivity contribution in [2.45, 2.75) is 6.92 Å². The molecule has 0 aliphatic heterocycles. The highest BCUT2D eigenvalue weighted by Gasteiger charge is 1.97. The molecule has 0 saturated carbocycles. The second-order valence-corrected chi connectivity index (χ2v) is 2.19. The number of nitrogens with zero attached hydrogens (tertiary/aromatic N) is 2. The van der Waals surface area contributed by atoms with Crippen LogP contribution in [0.3, 0.4) is 0 Å². The van der Waals surface area contributed by atoms with E-state index in [1.807, 2.05) is 26.1 Å². The number of anilines is 1. The number of nitriles is 1. The van der Waals surface area contributed by atoms with Gasteiger partial charge in [-0.1, -0.05) is 0 Å². The van der Waals surface area contributed by atoms with Crippen LogP contribution in [0.1, 0.15) is 11.4 Å². The molecule has 3 nitrogen and oxygen atoms in total. The van der Waals surface area contributed by atoms with E-state index in [1.165, 1.54) is 0 Å². The molecule has 0 aromatic carbocycles. The minimum atomic E-state index is 0.460. The number of hydrogen-bond acceptors (Lipinski definition) is 3. The number of hydrogen-bond donors (Lipinski definition) is 1. The molecular weight excluding hydrogens is 138 g/mol. The number of nitrogens with one attached hydrogen (secondary N) is 1. The van der Waals surface area contributed by atoms with Crippen LogP contribution < -0.4 is 5.32 Å². The van der Waals surface area contributed by atoms with E-state index in [4.69, 9.17) is 5.26 Å². The maximum absolute atomic E-state index is 8.49. The van der Waals surface area contributed by atoms with Gasteiger partial charge in [0.25, 0.3) is 0 Å². The minimum Gasteiger partial charge on any atom is -0.387 e. The van der Waals surface area contributed by atoms with Crippen molar-refractivity contribution in [2.75, 3.05) is 12.4 Å². The molecule has 0 radical (unpaired) electrons. The lowest BCUT2D eigenvalue weighted by Crippen LogP contribution is -1.95. The monoisotopic (exact) mass is 147 g/mol. The molecular formula is C8H9N3. The third-order valence-electron chi connectivity index (χ3n) is 1.47. The Morgan fingerprint density at radius 3 is 2.73 bits per heavy atom. The van der Waals surface area contributed by atoms with Crippen LogP contribution in [0.15, 0.2) is 12.1 Å². The highest BCUT2D eigenvalue weighted by Crippen LogP contribution is 2.10. The van der Waals surface area contributed by atoms with Gasteiger partial charge in [-0.15, -0.1) is 0 Å². The molecule has 0 atom stereocenters. The quantitative estimate of drug-likeness (QED) is 0.651. The van der Waals surface area contributed by atoms with Crippen LogP contribution in [0.4, 0.5) is 5.69 Å². The zero-order valence-electron chi connectivity index (χ0n) is 6.55. The summed E-state index contributed by atoms with van der Waals surface area (Å²) in [7, 11) is 1.83. The van der Waals surface area contributed by atoms with Crippen molar-refractivity contribution in [3.05, 3.63) is 23.5 Å². The molecule has 0 aliphatic rings. The third-order valence-corrected chi connectivity index (χ3v) is 1.47. The first-order valence-corrected chi connectivity index (χ1v) is 3.33. The Labute approximate surface area is 65.7 Å². The molecule has 0 fully saturated rings. The normalized spacial score (nSPS) is 8.82. The van der Waals surface area contributed by atoms with Crippen LogP contribution in [0.25, 0.3) is 0 Å². The molecule has 11 heavy (non-hydrogen) atoms. The Morgan fingerprint density at radius 1 is 1.55 bits per heavy atom. The molecule has 1 N–H and O–H groups in total. The summed E-state index contributed by atoms with van der Waals surface area (Å²) < 4.78 is 0. The first-order chi connectivity index (χ1) is 5.27. The first kappa shape index (κ1) is 7.55. The molecule has 0 spiro atoms. The third kappa shape index (κ3) is 1.47. The Balaban J connectivity index is 3.12. The fourth-order valence-corrected chi connectivity index (χ4v) is 0.888. The second kappa shape index (κ2) is 3.02. The summed E-state index contributed by atoms with van der Waals surface area (Å²) in [5.74, 6) is 0. The van der Waals surface area contributed by atoms with Gasteiger partial charge in [-0.25, -0.2) is 4.98 Å². The average Bonchev–Trinajstić information content (AvgIpc) is 2.04. The fourth-order valence-electron chi connectivity index (χ4n) is 0.888. The molecule has 0 saturated heterocycles. The summed E-state index contributed by atoms with van der Waals surface area (Å²) in [4.78, 5) is 4.04. The van der Waals surface area contributed by atoms with Crippen molar-refractivity contribution >= 4 is 5.69 Å². The summed E-state index contributed by atoms with van der Waals surface area (Å²) in [6, 6.07) is 5.52. The van der Waals surface area contributed by atoms with Crippen molar-refractivity contribution in [3.8, 4) is 6.07 Å². The molecule has 1 aromatic rings. The number of aryl methyl sites for hydroxylation is 1. The molecule has 0 bridgehead atoms. The summed E-state index contributed by atoms with van der Waals surface area (Å²) in [5, 5.41) is 11.5. The summed E-state index contributed by atoms with van der Waals surface area (Å²) in [6.07, 6.45) is 0. The van der Waals surface area contributed by atoms with Gasteiger partial charge in [0, 0.05) is 7.05 Å². The van der Waals surface area contributed by atoms with Gasteiger partial charge in [-0.3, -0.25) is 0 Å². The minimum absolute atomic E-state index is 0.460. The van der Waals surface area contributed by atoms with Crippen molar-refractivity contribution in [1.29, 1.82) is 5.26 Å². The molecule has 0 amide bonds.